The molecule has 0 bridgehead atoms. The number of hydrogen-bond acceptors (Lipinski definition) is 5. The quantitative estimate of drug-likeness (QED) is 0.422. The molecule has 0 aromatic heterocycles. The second kappa shape index (κ2) is 7.58. The maximum Gasteiger partial charge on any atom is 0.343 e. The van der Waals surface area contributed by atoms with Gasteiger partial charge in [-0.15, -0.1) is 0 Å². The molecule has 0 amide bonds. The monoisotopic (exact) mass is 414 g/mol. The van der Waals surface area contributed by atoms with Crippen LogP contribution in [0.5, 0.6) is 11.5 Å². The molecule has 0 atom stereocenters. The smallest absolute Gasteiger partial charge is 0.343 e. The summed E-state index contributed by atoms with van der Waals surface area (Å²) in [7, 11) is 1.48. The summed E-state index contributed by atoms with van der Waals surface area (Å²) in [5.74, 6) is 0.350. The van der Waals surface area contributed by atoms with Gasteiger partial charge >= 0.3 is 11.9 Å². The van der Waals surface area contributed by atoms with E-state index in [0.717, 1.165) is 15.6 Å². The second-order valence-electron chi connectivity index (χ2n) is 5.51. The van der Waals surface area contributed by atoms with Crippen LogP contribution in [-0.4, -0.2) is 19.0 Å². The molecule has 1 aliphatic heterocycles. The van der Waals surface area contributed by atoms with Gasteiger partial charge in [-0.1, -0.05) is 34.1 Å². The normalized spacial score (nSPS) is 14.8. The lowest BCUT2D eigenvalue weighted by Crippen LogP contribution is -2.03. The van der Waals surface area contributed by atoms with Crippen LogP contribution in [0.2, 0.25) is 0 Å². The Morgan fingerprint density at radius 2 is 1.96 bits per heavy atom. The number of carbonyl (C=O) groups excluding carboxylic acids is 2. The van der Waals surface area contributed by atoms with Gasteiger partial charge in [0.1, 0.15) is 5.76 Å². The van der Waals surface area contributed by atoms with Crippen molar-refractivity contribution in [2.24, 2.45) is 0 Å². The van der Waals surface area contributed by atoms with Gasteiger partial charge in [-0.25, -0.2) is 4.79 Å². The number of rotatable bonds is 4. The Balaban J connectivity index is 1.92. The van der Waals surface area contributed by atoms with Gasteiger partial charge in [0.15, 0.2) is 11.5 Å². The van der Waals surface area contributed by atoms with Crippen LogP contribution in [0.3, 0.4) is 0 Å². The summed E-state index contributed by atoms with van der Waals surface area (Å²) < 4.78 is 16.6. The van der Waals surface area contributed by atoms with Crippen LogP contribution in [0.4, 0.5) is 0 Å². The first kappa shape index (κ1) is 17.9. The molecular formula is C20H15BrO5. The molecular weight excluding hydrogens is 400 g/mol. The molecule has 132 valence electrons. The highest BCUT2D eigenvalue weighted by atomic mass is 79.9. The van der Waals surface area contributed by atoms with Crippen LogP contribution >= 0.6 is 15.9 Å². The van der Waals surface area contributed by atoms with Gasteiger partial charge in [0.05, 0.1) is 12.7 Å². The molecule has 0 aliphatic carbocycles. The molecule has 0 fully saturated rings. The van der Waals surface area contributed by atoms with Crippen molar-refractivity contribution in [1.82, 2.24) is 0 Å². The van der Waals surface area contributed by atoms with Gasteiger partial charge in [0.25, 0.3) is 0 Å². The van der Waals surface area contributed by atoms with Crippen molar-refractivity contribution in [2.75, 3.05) is 7.11 Å². The third-order valence-corrected chi connectivity index (χ3v) is 4.09. The Labute approximate surface area is 159 Å². The number of benzene rings is 2. The first-order chi connectivity index (χ1) is 12.5. The predicted octanol–water partition coefficient (Wildman–Crippen LogP) is 4.36. The van der Waals surface area contributed by atoms with E-state index in [0.29, 0.717) is 22.8 Å². The number of esters is 2. The summed E-state index contributed by atoms with van der Waals surface area (Å²) in [5, 5.41) is 0. The minimum absolute atomic E-state index is 0.321. The molecule has 2 aromatic carbocycles. The van der Waals surface area contributed by atoms with E-state index in [2.05, 4.69) is 15.9 Å². The number of cyclic esters (lactones) is 1. The molecule has 2 aromatic rings. The topological polar surface area (TPSA) is 61.8 Å². The van der Waals surface area contributed by atoms with Crippen LogP contribution < -0.4 is 9.47 Å². The average molecular weight is 415 g/mol. The van der Waals surface area contributed by atoms with Crippen LogP contribution in [-0.2, 0) is 14.3 Å². The Hall–Kier alpha value is -2.86. The fraction of sp³-hybridized carbons (Fsp3) is 0.100. The van der Waals surface area contributed by atoms with Crippen molar-refractivity contribution in [3.05, 3.63) is 69.7 Å². The average Bonchev–Trinajstić information content (AvgIpc) is 2.96. The van der Waals surface area contributed by atoms with Crippen LogP contribution in [0, 0.1) is 0 Å². The van der Waals surface area contributed by atoms with Gasteiger partial charge < -0.3 is 14.2 Å². The summed E-state index contributed by atoms with van der Waals surface area (Å²) in [5.41, 5.74) is 1.94. The van der Waals surface area contributed by atoms with E-state index in [1.54, 1.807) is 30.4 Å². The summed E-state index contributed by atoms with van der Waals surface area (Å²) in [6, 6.07) is 12.5. The van der Waals surface area contributed by atoms with Crippen molar-refractivity contribution in [3.8, 4) is 11.5 Å². The maximum atomic E-state index is 12.2. The molecule has 0 saturated heterocycles. The van der Waals surface area contributed by atoms with Gasteiger partial charge in [-0.2, -0.15) is 0 Å². The SMILES string of the molecule is COc1cc(/C=C2\C=C(c3cccc(Br)c3)OC2=O)ccc1OC(C)=O. The minimum atomic E-state index is -0.435. The predicted molar refractivity (Wildman–Crippen MR) is 100 cm³/mol. The van der Waals surface area contributed by atoms with E-state index >= 15 is 0 Å². The molecule has 3 rings (SSSR count). The van der Waals surface area contributed by atoms with Crippen LogP contribution in [0.15, 0.2) is 58.6 Å². The van der Waals surface area contributed by atoms with Crippen molar-refractivity contribution < 1.29 is 23.8 Å². The molecule has 0 saturated carbocycles. The zero-order chi connectivity index (χ0) is 18.7. The number of ether oxygens (including phenoxy) is 3. The van der Waals surface area contributed by atoms with Gasteiger partial charge in [-0.3, -0.25) is 4.79 Å². The lowest BCUT2D eigenvalue weighted by molar-refractivity contribution is -0.132. The summed E-state index contributed by atoms with van der Waals surface area (Å²) in [4.78, 5) is 23.3. The molecule has 0 spiro atoms. The standard InChI is InChI=1S/C20H15BrO5/c1-12(22)25-17-7-6-13(9-19(17)24-2)8-15-11-18(26-20(15)23)14-4-3-5-16(21)10-14/h3-11H,1-2H3/b15-8+. The van der Waals surface area contributed by atoms with Crippen molar-refractivity contribution in [2.45, 2.75) is 6.92 Å². The summed E-state index contributed by atoms with van der Waals surface area (Å²) >= 11 is 3.40. The minimum Gasteiger partial charge on any atom is -0.493 e. The largest absolute Gasteiger partial charge is 0.493 e. The van der Waals surface area contributed by atoms with Crippen molar-refractivity contribution in [1.29, 1.82) is 0 Å². The molecule has 5 nitrogen and oxygen atoms in total. The number of methoxy groups -OCH3 is 1. The lowest BCUT2D eigenvalue weighted by Gasteiger charge is -2.08. The van der Waals surface area contributed by atoms with Crippen molar-refractivity contribution in [3.63, 3.8) is 0 Å². The zero-order valence-corrected chi connectivity index (χ0v) is 15.7. The fourth-order valence-corrected chi connectivity index (χ4v) is 2.86. The molecule has 0 unspecified atom stereocenters. The highest BCUT2D eigenvalue weighted by Crippen LogP contribution is 2.32. The van der Waals surface area contributed by atoms with Crippen LogP contribution in [0.1, 0.15) is 18.1 Å². The Morgan fingerprint density at radius 1 is 1.15 bits per heavy atom. The Morgan fingerprint density at radius 3 is 2.65 bits per heavy atom. The number of carbonyl (C=O) groups is 2. The summed E-state index contributed by atoms with van der Waals surface area (Å²) in [6.45, 7) is 1.32. The van der Waals surface area contributed by atoms with E-state index in [9.17, 15) is 9.59 Å². The highest BCUT2D eigenvalue weighted by molar-refractivity contribution is 9.10. The highest BCUT2D eigenvalue weighted by Gasteiger charge is 2.22. The van der Waals surface area contributed by atoms with E-state index in [1.165, 1.54) is 14.0 Å². The van der Waals surface area contributed by atoms with E-state index in [1.807, 2.05) is 24.3 Å². The third kappa shape index (κ3) is 4.03. The molecule has 1 heterocycles. The number of halogens is 1. The lowest BCUT2D eigenvalue weighted by atomic mass is 10.1. The molecule has 26 heavy (non-hydrogen) atoms. The molecule has 0 radical (unpaired) electrons. The van der Waals surface area contributed by atoms with E-state index < -0.39 is 11.9 Å². The maximum absolute atomic E-state index is 12.2. The Kier molecular flexibility index (Phi) is 5.23. The van der Waals surface area contributed by atoms with Crippen LogP contribution in [0.25, 0.3) is 11.8 Å². The zero-order valence-electron chi connectivity index (χ0n) is 14.1. The first-order valence-corrected chi connectivity index (χ1v) is 8.53. The second-order valence-corrected chi connectivity index (χ2v) is 6.43. The molecule has 0 N–H and O–H groups in total. The molecule has 1 aliphatic rings. The van der Waals surface area contributed by atoms with Gasteiger partial charge in [-0.05, 0) is 42.0 Å². The summed E-state index contributed by atoms with van der Waals surface area (Å²) in [6.07, 6.45) is 3.38. The Bertz CT molecular complexity index is 943. The van der Waals surface area contributed by atoms with Gasteiger partial charge in [0.2, 0.25) is 0 Å². The van der Waals surface area contributed by atoms with E-state index in [-0.39, 0.29) is 0 Å². The molecule has 6 heteroatoms. The van der Waals surface area contributed by atoms with Crippen molar-refractivity contribution >= 4 is 39.7 Å². The third-order valence-electron chi connectivity index (χ3n) is 3.60. The van der Waals surface area contributed by atoms with Gasteiger partial charge in [0, 0.05) is 17.0 Å². The fourth-order valence-electron chi connectivity index (χ4n) is 2.47. The van der Waals surface area contributed by atoms with E-state index in [4.69, 9.17) is 14.2 Å². The number of hydrogen-bond donors (Lipinski definition) is 0. The first-order valence-electron chi connectivity index (χ1n) is 7.74.